The van der Waals surface area contributed by atoms with Crippen LogP contribution in [0.2, 0.25) is 0 Å². The number of carbonyl (C=O) groups excluding carboxylic acids is 2. The molecule has 0 aliphatic carbocycles. The molecule has 0 aliphatic rings. The normalized spacial score (nSPS) is 12.4. The zero-order chi connectivity index (χ0) is 24.3. The highest BCUT2D eigenvalue weighted by molar-refractivity contribution is 5.90. The molecular formula is C26H26N2O6. The van der Waals surface area contributed by atoms with Gasteiger partial charge in [0.2, 0.25) is 5.91 Å². The Balaban J connectivity index is 1.73. The summed E-state index contributed by atoms with van der Waals surface area (Å²) >= 11 is 0. The second kappa shape index (κ2) is 12.2. The van der Waals surface area contributed by atoms with Gasteiger partial charge >= 0.3 is 12.1 Å². The molecule has 0 aromatic heterocycles. The fourth-order valence-electron chi connectivity index (χ4n) is 3.54. The third kappa shape index (κ3) is 6.66. The predicted octanol–water partition coefficient (Wildman–Crippen LogP) is 2.68. The first-order valence-electron chi connectivity index (χ1n) is 10.7. The molecule has 3 aromatic carbocycles. The zero-order valence-electron chi connectivity index (χ0n) is 18.3. The average Bonchev–Trinajstić information content (AvgIpc) is 2.87. The van der Waals surface area contributed by atoms with E-state index in [4.69, 9.17) is 4.74 Å². The molecule has 2 atom stereocenters. The minimum absolute atomic E-state index is 0.0196. The van der Waals surface area contributed by atoms with E-state index in [1.807, 2.05) is 18.2 Å². The number of benzene rings is 3. The highest BCUT2D eigenvalue weighted by atomic mass is 16.5. The number of carbonyl (C=O) groups is 3. The van der Waals surface area contributed by atoms with Crippen LogP contribution in [0.15, 0.2) is 91.0 Å². The van der Waals surface area contributed by atoms with Gasteiger partial charge in [-0.1, -0.05) is 91.0 Å². The van der Waals surface area contributed by atoms with Gasteiger partial charge in [0.05, 0.1) is 6.61 Å². The molecule has 0 radical (unpaired) electrons. The fourth-order valence-corrected chi connectivity index (χ4v) is 3.54. The van der Waals surface area contributed by atoms with Crippen molar-refractivity contribution in [1.29, 1.82) is 0 Å². The van der Waals surface area contributed by atoms with Crippen molar-refractivity contribution in [3.05, 3.63) is 108 Å². The Kier molecular flexibility index (Phi) is 8.76. The lowest BCUT2D eigenvalue weighted by atomic mass is 9.85. The van der Waals surface area contributed by atoms with E-state index in [9.17, 15) is 24.6 Å². The molecule has 0 saturated carbocycles. The Labute approximate surface area is 197 Å². The molecule has 2 amide bonds. The molecule has 8 heteroatoms. The van der Waals surface area contributed by atoms with Crippen molar-refractivity contribution in [2.45, 2.75) is 24.6 Å². The molecule has 0 spiro atoms. The zero-order valence-corrected chi connectivity index (χ0v) is 18.3. The van der Waals surface area contributed by atoms with Gasteiger partial charge in [-0.3, -0.25) is 4.79 Å². The monoisotopic (exact) mass is 462 g/mol. The molecule has 0 heterocycles. The van der Waals surface area contributed by atoms with Crippen LogP contribution in [0.4, 0.5) is 4.79 Å². The molecule has 8 nitrogen and oxygen atoms in total. The van der Waals surface area contributed by atoms with Crippen molar-refractivity contribution in [3.8, 4) is 0 Å². The molecule has 0 unspecified atom stereocenters. The number of ether oxygens (including phenoxy) is 1. The minimum atomic E-state index is -1.39. The van der Waals surface area contributed by atoms with Crippen LogP contribution in [0.1, 0.15) is 22.6 Å². The van der Waals surface area contributed by atoms with Crippen LogP contribution < -0.4 is 10.6 Å². The van der Waals surface area contributed by atoms with E-state index in [2.05, 4.69) is 10.6 Å². The van der Waals surface area contributed by atoms with Crippen LogP contribution in [-0.2, 0) is 20.9 Å². The van der Waals surface area contributed by atoms with Crippen molar-refractivity contribution in [3.63, 3.8) is 0 Å². The van der Waals surface area contributed by atoms with Gasteiger partial charge in [-0.15, -0.1) is 0 Å². The summed E-state index contributed by atoms with van der Waals surface area (Å²) in [6.07, 6.45) is -0.910. The summed E-state index contributed by atoms with van der Waals surface area (Å²) in [6, 6.07) is 24.1. The molecule has 3 rings (SSSR count). The van der Waals surface area contributed by atoms with Crippen LogP contribution >= 0.6 is 0 Å². The lowest BCUT2D eigenvalue weighted by molar-refractivity contribution is -0.142. The highest BCUT2D eigenvalue weighted by Crippen LogP contribution is 2.28. The van der Waals surface area contributed by atoms with Gasteiger partial charge in [-0.05, 0) is 16.7 Å². The summed E-state index contributed by atoms with van der Waals surface area (Å²) in [5.74, 6) is -2.80. The average molecular weight is 463 g/mol. The van der Waals surface area contributed by atoms with Crippen molar-refractivity contribution < 1.29 is 29.3 Å². The van der Waals surface area contributed by atoms with Crippen molar-refractivity contribution in [2.24, 2.45) is 0 Å². The number of aliphatic hydroxyl groups excluding tert-OH is 1. The summed E-state index contributed by atoms with van der Waals surface area (Å²) < 4.78 is 5.09. The third-order valence-electron chi connectivity index (χ3n) is 5.22. The second-order valence-corrected chi connectivity index (χ2v) is 7.56. The number of amides is 2. The van der Waals surface area contributed by atoms with Crippen LogP contribution in [-0.4, -0.2) is 46.9 Å². The molecule has 0 fully saturated rings. The maximum absolute atomic E-state index is 12.9. The topological polar surface area (TPSA) is 125 Å². The van der Waals surface area contributed by atoms with Gasteiger partial charge < -0.3 is 25.6 Å². The second-order valence-electron chi connectivity index (χ2n) is 7.56. The maximum Gasteiger partial charge on any atom is 0.408 e. The summed E-state index contributed by atoms with van der Waals surface area (Å²) in [4.78, 5) is 37.2. The number of aliphatic carboxylic acids is 1. The molecule has 176 valence electrons. The number of carboxylic acid groups (broad SMARTS) is 1. The Morgan fingerprint density at radius 2 is 1.26 bits per heavy atom. The van der Waals surface area contributed by atoms with Crippen LogP contribution in [0, 0.1) is 0 Å². The predicted molar refractivity (Wildman–Crippen MR) is 125 cm³/mol. The first-order valence-corrected chi connectivity index (χ1v) is 10.7. The summed E-state index contributed by atoms with van der Waals surface area (Å²) in [5.41, 5.74) is 2.14. The van der Waals surface area contributed by atoms with E-state index in [0.717, 1.165) is 5.56 Å². The number of alkyl carbamates (subject to hydrolysis) is 1. The molecule has 0 saturated heterocycles. The van der Waals surface area contributed by atoms with Crippen molar-refractivity contribution >= 4 is 18.0 Å². The molecule has 0 bridgehead atoms. The van der Waals surface area contributed by atoms with Crippen molar-refractivity contribution in [2.75, 3.05) is 6.61 Å². The van der Waals surface area contributed by atoms with Crippen LogP contribution in [0.5, 0.6) is 0 Å². The number of hydrogen-bond acceptors (Lipinski definition) is 5. The number of carboxylic acids is 1. The number of nitrogens with one attached hydrogen (secondary N) is 2. The van der Waals surface area contributed by atoms with E-state index in [1.165, 1.54) is 0 Å². The van der Waals surface area contributed by atoms with Crippen LogP contribution in [0.25, 0.3) is 0 Å². The molecule has 34 heavy (non-hydrogen) atoms. The van der Waals surface area contributed by atoms with Gasteiger partial charge in [-0.25, -0.2) is 9.59 Å². The minimum Gasteiger partial charge on any atom is -0.480 e. The van der Waals surface area contributed by atoms with Gasteiger partial charge in [0, 0.05) is 5.92 Å². The largest absolute Gasteiger partial charge is 0.480 e. The SMILES string of the molecule is O=C(N[C@@H](CO)C(=O)N[C@@H](C(=O)O)C(c1ccccc1)c1ccccc1)OCc1ccccc1. The number of rotatable bonds is 10. The summed E-state index contributed by atoms with van der Waals surface area (Å²) in [6.45, 7) is -0.756. The Hall–Kier alpha value is -4.17. The van der Waals surface area contributed by atoms with Gasteiger partial charge in [-0.2, -0.15) is 0 Å². The number of hydrogen-bond donors (Lipinski definition) is 4. The quantitative estimate of drug-likeness (QED) is 0.367. The molecule has 0 aliphatic heterocycles. The summed E-state index contributed by atoms with van der Waals surface area (Å²) in [7, 11) is 0. The van der Waals surface area contributed by atoms with E-state index >= 15 is 0 Å². The molecule has 3 aromatic rings. The molecular weight excluding hydrogens is 436 g/mol. The lowest BCUT2D eigenvalue weighted by Gasteiger charge is -2.27. The molecule has 4 N–H and O–H groups in total. The van der Waals surface area contributed by atoms with E-state index < -0.39 is 42.6 Å². The van der Waals surface area contributed by atoms with E-state index in [1.54, 1.807) is 72.8 Å². The number of aliphatic hydroxyl groups is 1. The maximum atomic E-state index is 12.9. The van der Waals surface area contributed by atoms with Crippen molar-refractivity contribution in [1.82, 2.24) is 10.6 Å². The highest BCUT2D eigenvalue weighted by Gasteiger charge is 2.34. The Morgan fingerprint density at radius 3 is 1.74 bits per heavy atom. The Bertz CT molecular complexity index is 1040. The first kappa shape index (κ1) is 24.5. The summed E-state index contributed by atoms with van der Waals surface area (Å²) in [5, 5.41) is 24.4. The van der Waals surface area contributed by atoms with Crippen LogP contribution in [0.3, 0.4) is 0 Å². The van der Waals surface area contributed by atoms with Gasteiger partial charge in [0.1, 0.15) is 18.7 Å². The van der Waals surface area contributed by atoms with E-state index in [-0.39, 0.29) is 6.61 Å². The third-order valence-corrected chi connectivity index (χ3v) is 5.22. The van der Waals surface area contributed by atoms with Gasteiger partial charge in [0.15, 0.2) is 0 Å². The smallest absolute Gasteiger partial charge is 0.408 e. The lowest BCUT2D eigenvalue weighted by Crippen LogP contribution is -2.54. The standard InChI is InChI=1S/C26H26N2O6/c29-16-21(27-26(33)34-17-18-10-4-1-5-11-18)24(30)28-23(25(31)32)22(19-12-6-2-7-13-19)20-14-8-3-9-15-20/h1-15,21-23,29H,16-17H2,(H,27,33)(H,28,30)(H,31,32)/t21-,23+/m0/s1. The van der Waals surface area contributed by atoms with E-state index in [0.29, 0.717) is 11.1 Å². The van der Waals surface area contributed by atoms with Gasteiger partial charge in [0.25, 0.3) is 0 Å². The Morgan fingerprint density at radius 1 is 0.765 bits per heavy atom. The fraction of sp³-hybridized carbons (Fsp3) is 0.192. The first-order chi connectivity index (χ1) is 16.5.